The lowest BCUT2D eigenvalue weighted by Crippen LogP contribution is -2.21. The van der Waals surface area contributed by atoms with Crippen LogP contribution in [0.25, 0.3) is 22.8 Å². The quantitative estimate of drug-likeness (QED) is 0.504. The summed E-state index contributed by atoms with van der Waals surface area (Å²) in [5, 5.41) is 3.96. The fourth-order valence-corrected chi connectivity index (χ4v) is 2.82. The van der Waals surface area contributed by atoms with Crippen molar-refractivity contribution in [2.75, 3.05) is 0 Å². The van der Waals surface area contributed by atoms with Crippen molar-refractivity contribution in [3.8, 4) is 22.8 Å². The smallest absolute Gasteiger partial charge is 0.334 e. The van der Waals surface area contributed by atoms with Gasteiger partial charge in [-0.05, 0) is 23.8 Å². The molecule has 2 heterocycles. The molecule has 146 valence electrons. The number of hydrogen-bond donors (Lipinski definition) is 0. The molecule has 4 rings (SSSR count). The Bertz CT molecular complexity index is 1180. The third-order valence-electron chi connectivity index (χ3n) is 4.32. The average Bonchev–Trinajstić information content (AvgIpc) is 3.20. The van der Waals surface area contributed by atoms with Crippen molar-refractivity contribution in [2.24, 2.45) is 0 Å². The van der Waals surface area contributed by atoms with Gasteiger partial charge in [0.2, 0.25) is 5.82 Å². The molecule has 0 fully saturated rings. The van der Waals surface area contributed by atoms with Gasteiger partial charge in [0.15, 0.2) is 0 Å². The van der Waals surface area contributed by atoms with Crippen molar-refractivity contribution >= 4 is 0 Å². The van der Waals surface area contributed by atoms with Crippen LogP contribution < -0.4 is 5.56 Å². The number of rotatable bonds is 4. The van der Waals surface area contributed by atoms with E-state index in [1.54, 1.807) is 24.3 Å². The lowest BCUT2D eigenvalue weighted by atomic mass is 10.1. The van der Waals surface area contributed by atoms with Gasteiger partial charge >= 0.3 is 6.18 Å². The summed E-state index contributed by atoms with van der Waals surface area (Å²) < 4.78 is 44.9. The lowest BCUT2D eigenvalue weighted by Gasteiger charge is -2.11. The molecule has 2 aromatic carbocycles. The molecule has 0 N–H and O–H groups in total. The highest BCUT2D eigenvalue weighted by atomic mass is 19.4. The van der Waals surface area contributed by atoms with Crippen molar-refractivity contribution in [1.82, 2.24) is 14.7 Å². The summed E-state index contributed by atoms with van der Waals surface area (Å²) in [5.41, 5.74) is 0.784. The topological polar surface area (TPSA) is 60.9 Å². The molecule has 0 aliphatic rings. The number of benzene rings is 2. The maximum atomic E-state index is 12.9. The van der Waals surface area contributed by atoms with Crippen LogP contribution in [0.2, 0.25) is 0 Å². The summed E-state index contributed by atoms with van der Waals surface area (Å²) in [6.45, 7) is 0.0184. The first-order valence-corrected chi connectivity index (χ1v) is 8.66. The van der Waals surface area contributed by atoms with Crippen LogP contribution in [0.5, 0.6) is 0 Å². The summed E-state index contributed by atoms with van der Waals surface area (Å²) in [6, 6.07) is 17.9. The van der Waals surface area contributed by atoms with Crippen molar-refractivity contribution in [3.63, 3.8) is 0 Å². The second kappa shape index (κ2) is 7.38. The van der Waals surface area contributed by atoms with Crippen molar-refractivity contribution in [2.45, 2.75) is 12.7 Å². The highest BCUT2D eigenvalue weighted by Gasteiger charge is 2.31. The predicted molar refractivity (Wildman–Crippen MR) is 100.0 cm³/mol. The number of nitrogens with zero attached hydrogens (tertiary/aromatic N) is 3. The molecule has 0 saturated heterocycles. The van der Waals surface area contributed by atoms with Gasteiger partial charge in [-0.3, -0.25) is 4.79 Å². The first-order valence-electron chi connectivity index (χ1n) is 8.66. The summed E-state index contributed by atoms with van der Waals surface area (Å²) in [6.07, 6.45) is -3.68. The fourth-order valence-electron chi connectivity index (χ4n) is 2.82. The number of aromatic nitrogens is 3. The molecule has 5 nitrogen and oxygen atoms in total. The average molecular weight is 397 g/mol. The summed E-state index contributed by atoms with van der Waals surface area (Å²) >= 11 is 0. The van der Waals surface area contributed by atoms with E-state index in [2.05, 4.69) is 10.1 Å². The summed E-state index contributed by atoms with van der Waals surface area (Å²) in [4.78, 5) is 16.3. The van der Waals surface area contributed by atoms with Crippen molar-refractivity contribution in [3.05, 3.63) is 94.4 Å². The number of halogens is 3. The first-order chi connectivity index (χ1) is 13.9. The van der Waals surface area contributed by atoms with Crippen LogP contribution in [0.15, 0.2) is 82.2 Å². The number of pyridine rings is 1. The largest absolute Gasteiger partial charge is 0.417 e. The second-order valence-electron chi connectivity index (χ2n) is 6.37. The minimum absolute atomic E-state index is 0.0184. The van der Waals surface area contributed by atoms with E-state index in [0.29, 0.717) is 22.8 Å². The fraction of sp³-hybridized carbons (Fsp3) is 0.0952. The Morgan fingerprint density at radius 2 is 1.62 bits per heavy atom. The Morgan fingerprint density at radius 3 is 2.31 bits per heavy atom. The molecule has 29 heavy (non-hydrogen) atoms. The minimum atomic E-state index is -4.51. The van der Waals surface area contributed by atoms with Gasteiger partial charge in [0.25, 0.3) is 11.4 Å². The van der Waals surface area contributed by atoms with Crippen LogP contribution in [-0.2, 0) is 12.7 Å². The molecule has 0 amide bonds. The molecule has 0 atom stereocenters. The van der Waals surface area contributed by atoms with E-state index >= 15 is 0 Å². The van der Waals surface area contributed by atoms with Gasteiger partial charge in [-0.2, -0.15) is 18.2 Å². The van der Waals surface area contributed by atoms with Crippen LogP contribution in [-0.4, -0.2) is 14.7 Å². The monoisotopic (exact) mass is 397 g/mol. The van der Waals surface area contributed by atoms with Gasteiger partial charge in [-0.1, -0.05) is 47.6 Å². The van der Waals surface area contributed by atoms with Crippen LogP contribution in [0, 0.1) is 0 Å². The Balaban J connectivity index is 1.55. The molecule has 8 heteroatoms. The highest BCUT2D eigenvalue weighted by Crippen LogP contribution is 2.28. The van der Waals surface area contributed by atoms with Crippen LogP contribution >= 0.6 is 0 Å². The molecule has 0 aliphatic heterocycles. The molecule has 0 unspecified atom stereocenters. The van der Waals surface area contributed by atoms with E-state index in [9.17, 15) is 18.0 Å². The van der Waals surface area contributed by atoms with Gasteiger partial charge in [0.1, 0.15) is 0 Å². The normalized spacial score (nSPS) is 11.6. The Labute approximate surface area is 163 Å². The lowest BCUT2D eigenvalue weighted by molar-refractivity contribution is -0.138. The standard InChI is InChI=1S/C21H14F3N3O2/c22-21(23,24)17-10-11-18(28)27(13-17)12-14-6-8-15(9-7-14)19-25-20(29-26-19)16-4-2-1-3-5-16/h1-11,13H,12H2. The van der Waals surface area contributed by atoms with Crippen molar-refractivity contribution < 1.29 is 17.7 Å². The molecule has 2 aromatic heterocycles. The van der Waals surface area contributed by atoms with E-state index in [-0.39, 0.29) is 6.54 Å². The molecule has 4 aromatic rings. The molecule has 0 aliphatic carbocycles. The Kier molecular flexibility index (Phi) is 4.75. The first kappa shape index (κ1) is 18.7. The molecule has 0 spiro atoms. The van der Waals surface area contributed by atoms with E-state index < -0.39 is 17.3 Å². The maximum absolute atomic E-state index is 12.9. The Morgan fingerprint density at radius 1 is 0.897 bits per heavy atom. The van der Waals surface area contributed by atoms with E-state index in [1.165, 1.54) is 0 Å². The number of hydrogen-bond acceptors (Lipinski definition) is 4. The van der Waals surface area contributed by atoms with Gasteiger partial charge in [-0.25, -0.2) is 0 Å². The zero-order valence-corrected chi connectivity index (χ0v) is 14.9. The third kappa shape index (κ3) is 4.11. The molecular formula is C21H14F3N3O2. The van der Waals surface area contributed by atoms with Crippen LogP contribution in [0.3, 0.4) is 0 Å². The van der Waals surface area contributed by atoms with E-state index in [1.807, 2.05) is 30.3 Å². The zero-order chi connectivity index (χ0) is 20.4. The number of alkyl halides is 3. The van der Waals surface area contributed by atoms with Gasteiger partial charge in [0, 0.05) is 23.4 Å². The summed E-state index contributed by atoms with van der Waals surface area (Å²) in [5.74, 6) is 0.784. The van der Waals surface area contributed by atoms with Crippen LogP contribution in [0.4, 0.5) is 13.2 Å². The van der Waals surface area contributed by atoms with Gasteiger partial charge in [-0.15, -0.1) is 0 Å². The van der Waals surface area contributed by atoms with E-state index in [0.717, 1.165) is 28.5 Å². The highest BCUT2D eigenvalue weighted by molar-refractivity contribution is 5.59. The predicted octanol–water partition coefficient (Wildman–Crippen LogP) is 4.63. The van der Waals surface area contributed by atoms with Crippen molar-refractivity contribution in [1.29, 1.82) is 0 Å². The third-order valence-corrected chi connectivity index (χ3v) is 4.32. The molecule has 0 bridgehead atoms. The maximum Gasteiger partial charge on any atom is 0.417 e. The zero-order valence-electron chi connectivity index (χ0n) is 14.9. The SMILES string of the molecule is O=c1ccc(C(F)(F)F)cn1Cc1ccc(-c2noc(-c3ccccc3)n2)cc1. The summed E-state index contributed by atoms with van der Waals surface area (Å²) in [7, 11) is 0. The minimum Gasteiger partial charge on any atom is -0.334 e. The van der Waals surface area contributed by atoms with Gasteiger partial charge in [0.05, 0.1) is 12.1 Å². The molecule has 0 saturated carbocycles. The molecule has 0 radical (unpaired) electrons. The second-order valence-corrected chi connectivity index (χ2v) is 6.37. The van der Waals surface area contributed by atoms with Gasteiger partial charge < -0.3 is 9.09 Å². The van der Waals surface area contributed by atoms with E-state index in [4.69, 9.17) is 4.52 Å². The Hall–Kier alpha value is -3.68. The molecular weight excluding hydrogens is 383 g/mol. The van der Waals surface area contributed by atoms with Crippen LogP contribution in [0.1, 0.15) is 11.1 Å².